The molecule has 0 aromatic rings. The minimum Gasteiger partial charge on any atom is -0.381 e. The Labute approximate surface area is 178 Å². The monoisotopic (exact) mass is 496 g/mol. The Morgan fingerprint density at radius 3 is 2.59 bits per heavy atom. The number of guanidine groups is 1. The van der Waals surface area contributed by atoms with Crippen molar-refractivity contribution in [2.24, 2.45) is 4.99 Å². The Morgan fingerprint density at radius 1 is 1.22 bits per heavy atom. The summed E-state index contributed by atoms with van der Waals surface area (Å²) in [4.78, 5) is 17.9. The summed E-state index contributed by atoms with van der Waals surface area (Å²) in [5, 5.41) is 6.79. The lowest BCUT2D eigenvalue weighted by Crippen LogP contribution is -2.46. The van der Waals surface area contributed by atoms with Crippen LogP contribution in [0, 0.1) is 0 Å². The van der Waals surface area contributed by atoms with E-state index in [0.717, 1.165) is 25.7 Å². The first-order valence-electron chi connectivity index (χ1n) is 9.71. The molecule has 2 saturated heterocycles. The number of likely N-dealkylation sites (N-methyl/N-ethyl adjacent to an activating group) is 1. The van der Waals surface area contributed by atoms with E-state index >= 15 is 0 Å². The number of carbonyl (C=O) groups excluding carboxylic acids is 1. The van der Waals surface area contributed by atoms with Gasteiger partial charge in [0.15, 0.2) is 11.7 Å². The number of nitrogens with zero attached hydrogens (tertiary/aromatic N) is 2. The van der Waals surface area contributed by atoms with Crippen LogP contribution in [0.5, 0.6) is 0 Å². The molecule has 0 aromatic heterocycles. The third-order valence-corrected chi connectivity index (χ3v) is 5.23. The molecule has 1 amide bonds. The topological polar surface area (TPSA) is 84.4 Å². The van der Waals surface area contributed by atoms with Gasteiger partial charge in [0.1, 0.15) is 12.6 Å². The second-order valence-corrected chi connectivity index (χ2v) is 7.53. The van der Waals surface area contributed by atoms with Crippen LogP contribution in [0.15, 0.2) is 4.99 Å². The number of hydrogen-bond donors (Lipinski definition) is 2. The Kier molecular flexibility index (Phi) is 9.03. The predicted molar refractivity (Wildman–Crippen MR) is 113 cm³/mol. The molecule has 0 bridgehead atoms. The van der Waals surface area contributed by atoms with Crippen LogP contribution >= 0.6 is 24.0 Å². The molecule has 1 unspecified atom stereocenters. The molecule has 8 nitrogen and oxygen atoms in total. The molecule has 3 fully saturated rings. The molecule has 0 aromatic carbocycles. The van der Waals surface area contributed by atoms with Gasteiger partial charge in [0.2, 0.25) is 5.91 Å². The average Bonchev–Trinajstić information content (AvgIpc) is 3.28. The highest BCUT2D eigenvalue weighted by Crippen LogP contribution is 2.32. The average molecular weight is 496 g/mol. The summed E-state index contributed by atoms with van der Waals surface area (Å²) in [5.74, 6) is 0.199. The standard InChI is InChI=1S/C18H32N4O4.HI/c1-22(2)16(23)12-20-17(21-14-5-3-4-6-14)19-11-15-13-25-18(26-15)7-9-24-10-8-18;/h14-15H,3-13H2,1-2H3,(H2,19,20,21);1H. The Balaban J connectivity index is 0.00000261. The van der Waals surface area contributed by atoms with Crippen molar-refractivity contribution < 1.29 is 19.0 Å². The van der Waals surface area contributed by atoms with E-state index in [1.807, 2.05) is 0 Å². The quantitative estimate of drug-likeness (QED) is 0.337. The number of carbonyl (C=O) groups is 1. The summed E-state index contributed by atoms with van der Waals surface area (Å²) in [6.07, 6.45) is 6.32. The van der Waals surface area contributed by atoms with Gasteiger partial charge in [-0.15, -0.1) is 24.0 Å². The summed E-state index contributed by atoms with van der Waals surface area (Å²) in [6, 6.07) is 0.429. The molecule has 9 heteroatoms. The molecule has 2 aliphatic heterocycles. The fourth-order valence-corrected chi connectivity index (χ4v) is 3.58. The first-order chi connectivity index (χ1) is 12.6. The molecule has 1 aliphatic carbocycles. The molecule has 1 saturated carbocycles. The van der Waals surface area contributed by atoms with E-state index < -0.39 is 5.79 Å². The van der Waals surface area contributed by atoms with Crippen LogP contribution in [0.3, 0.4) is 0 Å². The van der Waals surface area contributed by atoms with E-state index in [1.54, 1.807) is 19.0 Å². The SMILES string of the molecule is CN(C)C(=O)CN=C(NCC1COC2(CCOCC2)O1)NC1CCCC1.I. The lowest BCUT2D eigenvalue weighted by atomic mass is 10.1. The number of ether oxygens (including phenoxy) is 3. The molecule has 3 rings (SSSR count). The van der Waals surface area contributed by atoms with Crippen molar-refractivity contribution in [2.75, 3.05) is 47.0 Å². The largest absolute Gasteiger partial charge is 0.381 e. The van der Waals surface area contributed by atoms with Gasteiger partial charge in [0, 0.05) is 39.5 Å². The van der Waals surface area contributed by atoms with E-state index in [4.69, 9.17) is 14.2 Å². The van der Waals surface area contributed by atoms with E-state index in [0.29, 0.717) is 38.4 Å². The van der Waals surface area contributed by atoms with Gasteiger partial charge in [0.05, 0.1) is 19.8 Å². The smallest absolute Gasteiger partial charge is 0.243 e. The molecule has 1 spiro atoms. The van der Waals surface area contributed by atoms with E-state index in [9.17, 15) is 4.79 Å². The van der Waals surface area contributed by atoms with Crippen molar-refractivity contribution in [3.8, 4) is 0 Å². The van der Waals surface area contributed by atoms with Gasteiger partial charge in [-0.25, -0.2) is 4.99 Å². The molecule has 156 valence electrons. The maximum absolute atomic E-state index is 11.9. The third-order valence-electron chi connectivity index (χ3n) is 5.23. The molecular weight excluding hydrogens is 463 g/mol. The van der Waals surface area contributed by atoms with Gasteiger partial charge < -0.3 is 29.7 Å². The number of halogens is 1. The van der Waals surface area contributed by atoms with Gasteiger partial charge in [-0.2, -0.15) is 0 Å². The highest BCUT2D eigenvalue weighted by molar-refractivity contribution is 14.0. The van der Waals surface area contributed by atoms with Crippen molar-refractivity contribution in [2.45, 2.75) is 56.5 Å². The van der Waals surface area contributed by atoms with Crippen LogP contribution in [0.2, 0.25) is 0 Å². The molecule has 3 aliphatic rings. The van der Waals surface area contributed by atoms with Gasteiger partial charge in [-0.1, -0.05) is 12.8 Å². The van der Waals surface area contributed by atoms with Crippen molar-refractivity contribution in [3.63, 3.8) is 0 Å². The van der Waals surface area contributed by atoms with Crippen LogP contribution in [0.4, 0.5) is 0 Å². The molecule has 1 atom stereocenters. The van der Waals surface area contributed by atoms with Crippen LogP contribution in [-0.4, -0.2) is 81.7 Å². The first kappa shape index (κ1) is 22.6. The highest BCUT2D eigenvalue weighted by atomic mass is 127. The predicted octanol–water partition coefficient (Wildman–Crippen LogP) is 1.09. The highest BCUT2D eigenvalue weighted by Gasteiger charge is 2.42. The first-order valence-corrected chi connectivity index (χ1v) is 9.71. The van der Waals surface area contributed by atoms with Crippen molar-refractivity contribution in [3.05, 3.63) is 0 Å². The molecular formula is C18H33IN4O4. The Morgan fingerprint density at radius 2 is 1.93 bits per heavy atom. The van der Waals surface area contributed by atoms with Crippen LogP contribution in [0.25, 0.3) is 0 Å². The zero-order chi connectivity index (χ0) is 18.4. The Bertz CT molecular complexity index is 506. The fraction of sp³-hybridized carbons (Fsp3) is 0.889. The number of rotatable bonds is 5. The molecule has 0 radical (unpaired) electrons. The number of hydrogen-bond acceptors (Lipinski definition) is 5. The van der Waals surface area contributed by atoms with Gasteiger partial charge in [-0.05, 0) is 12.8 Å². The van der Waals surface area contributed by atoms with Gasteiger partial charge in [-0.3, -0.25) is 4.79 Å². The fourth-order valence-electron chi connectivity index (χ4n) is 3.58. The second kappa shape index (κ2) is 10.8. The lowest BCUT2D eigenvalue weighted by molar-refractivity contribution is -0.210. The molecule has 2 heterocycles. The van der Waals surface area contributed by atoms with Crippen LogP contribution < -0.4 is 10.6 Å². The Hall–Kier alpha value is -0.650. The van der Waals surface area contributed by atoms with E-state index in [-0.39, 0.29) is 42.5 Å². The van der Waals surface area contributed by atoms with Crippen molar-refractivity contribution >= 4 is 35.8 Å². The zero-order valence-corrected chi connectivity index (χ0v) is 18.7. The van der Waals surface area contributed by atoms with Crippen molar-refractivity contribution in [1.29, 1.82) is 0 Å². The summed E-state index contributed by atoms with van der Waals surface area (Å²) in [6.45, 7) is 2.68. The minimum absolute atomic E-state index is 0. The number of amides is 1. The summed E-state index contributed by atoms with van der Waals surface area (Å²) < 4.78 is 17.5. The number of aliphatic imine (C=N–C) groups is 1. The van der Waals surface area contributed by atoms with Gasteiger partial charge >= 0.3 is 0 Å². The zero-order valence-electron chi connectivity index (χ0n) is 16.4. The van der Waals surface area contributed by atoms with Crippen LogP contribution in [0.1, 0.15) is 38.5 Å². The maximum Gasteiger partial charge on any atom is 0.243 e. The minimum atomic E-state index is -0.471. The summed E-state index contributed by atoms with van der Waals surface area (Å²) in [7, 11) is 3.48. The third kappa shape index (κ3) is 6.72. The maximum atomic E-state index is 11.9. The normalized spacial score (nSPS) is 25.3. The molecule has 2 N–H and O–H groups in total. The summed E-state index contributed by atoms with van der Waals surface area (Å²) in [5.41, 5.74) is 0. The summed E-state index contributed by atoms with van der Waals surface area (Å²) >= 11 is 0. The van der Waals surface area contributed by atoms with E-state index in [2.05, 4.69) is 15.6 Å². The van der Waals surface area contributed by atoms with Crippen LogP contribution in [-0.2, 0) is 19.0 Å². The van der Waals surface area contributed by atoms with E-state index in [1.165, 1.54) is 12.8 Å². The molecule has 27 heavy (non-hydrogen) atoms. The van der Waals surface area contributed by atoms with Crippen molar-refractivity contribution in [1.82, 2.24) is 15.5 Å². The van der Waals surface area contributed by atoms with Gasteiger partial charge in [0.25, 0.3) is 0 Å². The number of nitrogens with one attached hydrogen (secondary N) is 2. The lowest BCUT2D eigenvalue weighted by Gasteiger charge is -2.31. The second-order valence-electron chi connectivity index (χ2n) is 7.53.